The average molecular weight is 661 g/mol. The Morgan fingerprint density at radius 3 is 1.86 bits per heavy atom. The summed E-state index contributed by atoms with van der Waals surface area (Å²) in [6.45, 7) is 30.8. The van der Waals surface area contributed by atoms with Crippen LogP contribution in [0.5, 0.6) is 0 Å². The molecule has 0 bridgehead atoms. The zero-order valence-electron chi connectivity index (χ0n) is 33.2. The van der Waals surface area contributed by atoms with E-state index >= 15 is 0 Å². The van der Waals surface area contributed by atoms with Crippen LogP contribution in [0.2, 0.25) is 0 Å². The van der Waals surface area contributed by atoms with Gasteiger partial charge < -0.3 is 9.73 Å². The summed E-state index contributed by atoms with van der Waals surface area (Å²) >= 11 is 0. The lowest BCUT2D eigenvalue weighted by molar-refractivity contribution is 0.585. The summed E-state index contributed by atoms with van der Waals surface area (Å²) in [6.07, 6.45) is 6.52. The molecule has 1 N–H and O–H groups in total. The largest absolute Gasteiger partial charge is 0.456 e. The first-order valence-electron chi connectivity index (χ1n) is 18.7. The number of hydrogen-bond donors (Lipinski definition) is 1. The zero-order chi connectivity index (χ0) is 37.1. The molecule has 3 nitrogen and oxygen atoms in total. The Morgan fingerprint density at radius 2 is 1.24 bits per heavy atom. The first-order chi connectivity index (χ1) is 23.9. The molecule has 6 rings (SSSR count). The Labute approximate surface area is 299 Å². The molecule has 0 amide bonds. The zero-order valence-corrected chi connectivity index (χ0v) is 33.2. The molecule has 3 heteroatoms. The summed E-state index contributed by atoms with van der Waals surface area (Å²) in [7, 11) is 0. The van der Waals surface area contributed by atoms with Gasteiger partial charge in [0, 0.05) is 45.9 Å². The minimum Gasteiger partial charge on any atom is -0.456 e. The van der Waals surface area contributed by atoms with Gasteiger partial charge in [-0.15, -0.1) is 0 Å². The van der Waals surface area contributed by atoms with Crippen LogP contribution in [-0.4, -0.2) is 6.04 Å². The van der Waals surface area contributed by atoms with Gasteiger partial charge in [0.1, 0.15) is 11.3 Å². The fourth-order valence-corrected chi connectivity index (χ4v) is 5.72. The van der Waals surface area contributed by atoms with E-state index in [0.29, 0.717) is 5.92 Å². The fourth-order valence-electron chi connectivity index (χ4n) is 5.72. The topological polar surface area (TPSA) is 37.5 Å². The smallest absolute Gasteiger partial charge is 0.137 e. The number of aryl methyl sites for hydroxylation is 3. The standard InChI is InChI=1S/C36H34N2O.5C2H6/c1-22-10-6-7-15-29(22)34-30-18-16-27(37-35-23(2)11-8-12-24(35)3)20-32(30)39-33-21-28(17-19-31(33)34)38-36-25(4)13-9-14-26(36)5;5*1-2/h6-21,23,35,38H,1-5H3;5*1-2H3. The molecular formula is C46H64N2O. The van der Waals surface area contributed by atoms with Crippen molar-refractivity contribution in [3.8, 4) is 22.5 Å². The third-order valence-electron chi connectivity index (χ3n) is 7.90. The number of nitrogens with one attached hydrogen (secondary N) is 1. The molecule has 1 aliphatic heterocycles. The average Bonchev–Trinajstić information content (AvgIpc) is 3.15. The lowest BCUT2D eigenvalue weighted by Crippen LogP contribution is -2.21. The Kier molecular flexibility index (Phi) is 19.4. The number of para-hydroxylation sites is 1. The Morgan fingerprint density at radius 1 is 0.633 bits per heavy atom. The minimum atomic E-state index is 0.136. The molecule has 3 aromatic rings. The second-order valence-electron chi connectivity index (χ2n) is 10.8. The molecule has 264 valence electrons. The van der Waals surface area contributed by atoms with Crippen molar-refractivity contribution in [3.05, 3.63) is 125 Å². The van der Waals surface area contributed by atoms with Gasteiger partial charge in [0.15, 0.2) is 0 Å². The lowest BCUT2D eigenvalue weighted by Gasteiger charge is -2.21. The van der Waals surface area contributed by atoms with Crippen LogP contribution in [0.1, 0.15) is 99.8 Å². The molecule has 2 aliphatic carbocycles. The third-order valence-corrected chi connectivity index (χ3v) is 7.90. The predicted molar refractivity (Wildman–Crippen MR) is 220 cm³/mol. The van der Waals surface area contributed by atoms with Gasteiger partial charge in [0.05, 0.1) is 11.4 Å². The van der Waals surface area contributed by atoms with E-state index in [-0.39, 0.29) is 6.04 Å². The molecule has 49 heavy (non-hydrogen) atoms. The summed E-state index contributed by atoms with van der Waals surface area (Å²) in [5, 5.41) is 5.67. The van der Waals surface area contributed by atoms with Crippen molar-refractivity contribution < 1.29 is 4.42 Å². The third kappa shape index (κ3) is 10.6. The van der Waals surface area contributed by atoms with Crippen LogP contribution in [0, 0.1) is 26.7 Å². The highest BCUT2D eigenvalue weighted by molar-refractivity contribution is 6.03. The molecule has 2 unspecified atom stereocenters. The van der Waals surface area contributed by atoms with Gasteiger partial charge in [0.2, 0.25) is 0 Å². The molecule has 0 radical (unpaired) electrons. The number of nitrogens with zero attached hydrogens (tertiary/aromatic N) is 1. The first-order valence-corrected chi connectivity index (χ1v) is 18.7. The Bertz CT molecular complexity index is 1780. The van der Waals surface area contributed by atoms with E-state index in [0.717, 1.165) is 39.0 Å². The molecule has 1 heterocycles. The van der Waals surface area contributed by atoms with Crippen molar-refractivity contribution in [2.75, 3.05) is 5.32 Å². The van der Waals surface area contributed by atoms with Crippen LogP contribution in [0.3, 0.4) is 0 Å². The highest BCUT2D eigenvalue weighted by Crippen LogP contribution is 2.42. The summed E-state index contributed by atoms with van der Waals surface area (Å²) < 4.78 is 6.64. The van der Waals surface area contributed by atoms with E-state index in [2.05, 4.69) is 137 Å². The van der Waals surface area contributed by atoms with Crippen molar-refractivity contribution in [2.24, 2.45) is 10.9 Å². The minimum absolute atomic E-state index is 0.136. The SMILES string of the molecule is CC.CC.CC.CC.CC.CC1=CC=CC(C)C1N=c1ccc2c(-c3ccccc3C)c3ccc(Nc4c(C)cccc4C)cc3oc-2c1. The molecule has 0 aromatic heterocycles. The number of allylic oxidation sites excluding steroid dienone is 2. The number of fused-ring (bicyclic) bond motifs is 2. The van der Waals surface area contributed by atoms with E-state index in [1.807, 2.05) is 69.2 Å². The van der Waals surface area contributed by atoms with Crippen LogP contribution < -0.4 is 10.7 Å². The molecule has 0 fully saturated rings. The Balaban J connectivity index is 0.00000110. The van der Waals surface area contributed by atoms with E-state index in [9.17, 15) is 0 Å². The highest BCUT2D eigenvalue weighted by atomic mass is 16.3. The van der Waals surface area contributed by atoms with Crippen LogP contribution in [0.15, 0.2) is 112 Å². The van der Waals surface area contributed by atoms with Crippen LogP contribution in [-0.2, 0) is 0 Å². The van der Waals surface area contributed by atoms with Crippen molar-refractivity contribution >= 4 is 22.3 Å². The number of rotatable bonds is 4. The molecule has 0 saturated heterocycles. The van der Waals surface area contributed by atoms with Gasteiger partial charge in [-0.2, -0.15) is 0 Å². The van der Waals surface area contributed by atoms with Crippen LogP contribution in [0.25, 0.3) is 33.4 Å². The van der Waals surface area contributed by atoms with Gasteiger partial charge in [-0.3, -0.25) is 4.99 Å². The second-order valence-corrected chi connectivity index (χ2v) is 10.8. The van der Waals surface area contributed by atoms with Gasteiger partial charge in [-0.1, -0.05) is 137 Å². The van der Waals surface area contributed by atoms with Crippen molar-refractivity contribution in [2.45, 2.75) is 110 Å². The summed E-state index contributed by atoms with van der Waals surface area (Å²) in [5.41, 5.74) is 11.4. The second kappa shape index (κ2) is 22.3. The quantitative estimate of drug-likeness (QED) is 0.195. The van der Waals surface area contributed by atoms with E-state index < -0.39 is 0 Å². The lowest BCUT2D eigenvalue weighted by atomic mass is 9.90. The maximum atomic E-state index is 6.64. The molecule has 0 saturated carbocycles. The number of benzene rings is 4. The predicted octanol–water partition coefficient (Wildman–Crippen LogP) is 14.4. The molecule has 2 atom stereocenters. The fraction of sp³-hybridized carbons (Fsp3) is 0.370. The highest BCUT2D eigenvalue weighted by Gasteiger charge is 2.20. The summed E-state index contributed by atoms with van der Waals surface area (Å²) in [4.78, 5) is 5.13. The molecule has 0 spiro atoms. The van der Waals surface area contributed by atoms with E-state index in [1.54, 1.807) is 0 Å². The van der Waals surface area contributed by atoms with E-state index in [4.69, 9.17) is 9.41 Å². The maximum Gasteiger partial charge on any atom is 0.137 e. The maximum absolute atomic E-state index is 6.64. The number of hydrogen-bond acceptors (Lipinski definition) is 3. The molecule has 3 aliphatic rings. The van der Waals surface area contributed by atoms with Gasteiger partial charge in [0.25, 0.3) is 0 Å². The first kappa shape index (κ1) is 42.7. The Hall–Kier alpha value is -4.37. The van der Waals surface area contributed by atoms with Crippen LogP contribution >= 0.6 is 0 Å². The van der Waals surface area contributed by atoms with Crippen molar-refractivity contribution in [3.63, 3.8) is 0 Å². The monoisotopic (exact) mass is 661 g/mol. The van der Waals surface area contributed by atoms with Gasteiger partial charge in [-0.25, -0.2) is 0 Å². The molecular weight excluding hydrogens is 597 g/mol. The number of anilines is 2. The normalized spacial score (nSPS) is 14.6. The summed E-state index contributed by atoms with van der Waals surface area (Å²) in [6, 6.07) is 27.9. The van der Waals surface area contributed by atoms with Crippen molar-refractivity contribution in [1.29, 1.82) is 0 Å². The van der Waals surface area contributed by atoms with Crippen LogP contribution in [0.4, 0.5) is 11.4 Å². The van der Waals surface area contributed by atoms with Gasteiger partial charge >= 0.3 is 0 Å². The summed E-state index contributed by atoms with van der Waals surface area (Å²) in [5.74, 6) is 1.20. The van der Waals surface area contributed by atoms with Crippen molar-refractivity contribution in [1.82, 2.24) is 0 Å². The van der Waals surface area contributed by atoms with Gasteiger partial charge in [-0.05, 0) is 79.8 Å². The molecule has 3 aromatic carbocycles. The van der Waals surface area contributed by atoms with E-state index in [1.165, 1.54) is 33.4 Å².